The first kappa shape index (κ1) is 55.5. The van der Waals surface area contributed by atoms with Crippen LogP contribution in [0.3, 0.4) is 0 Å². The molecular formula is C28H72NiO12P4+6. The normalized spacial score (nSPS) is 12.7. The molecule has 0 spiro atoms. The minimum absolute atomic E-state index is 0. The summed E-state index contributed by atoms with van der Waals surface area (Å²) in [6.45, 7) is 36.4. The van der Waals surface area contributed by atoms with Gasteiger partial charge in [0, 0.05) is 0 Å². The fourth-order valence-corrected chi connectivity index (χ4v) is 9.69. The average molecular weight is 783 g/mol. The van der Waals surface area contributed by atoms with Crippen molar-refractivity contribution in [2.45, 2.75) is 160 Å². The fraction of sp³-hybridized carbons (Fsp3) is 1.00. The van der Waals surface area contributed by atoms with Crippen molar-refractivity contribution in [3.63, 3.8) is 0 Å². The number of rotatable bonds is 16. The van der Waals surface area contributed by atoms with Crippen molar-refractivity contribution < 1.29 is 70.9 Å². The van der Waals surface area contributed by atoms with Crippen LogP contribution in [0.2, 0.25) is 0 Å². The Balaban J connectivity index is -0.000000157. The van der Waals surface area contributed by atoms with Gasteiger partial charge < -0.3 is 0 Å². The molecule has 0 saturated carbocycles. The quantitative estimate of drug-likeness (QED) is 0.0849. The summed E-state index contributed by atoms with van der Waals surface area (Å²) in [6, 6.07) is 0. The van der Waals surface area contributed by atoms with Crippen LogP contribution in [-0.4, -0.2) is 93.8 Å². The van der Waals surface area contributed by atoms with E-state index in [4.69, 9.17) is 36.2 Å². The molecule has 0 aromatic heterocycles. The van der Waals surface area contributed by atoms with E-state index in [1.54, 1.807) is 26.7 Å². The molecule has 0 saturated heterocycles. The first-order valence-electron chi connectivity index (χ1n) is 15.2. The molecule has 0 aliphatic carbocycles. The van der Waals surface area contributed by atoms with E-state index in [9.17, 15) is 18.3 Å². The molecular weight excluding hydrogens is 711 g/mol. The van der Waals surface area contributed by atoms with Crippen LogP contribution in [0.5, 0.6) is 0 Å². The Bertz CT molecular complexity index is 710. The molecule has 0 rings (SSSR count). The maximum atomic E-state index is 9.52. The van der Waals surface area contributed by atoms with Gasteiger partial charge in [-0.25, -0.2) is 0 Å². The summed E-state index contributed by atoms with van der Waals surface area (Å²) in [5.41, 5.74) is 0. The van der Waals surface area contributed by atoms with Gasteiger partial charge in [0.25, 0.3) is 0 Å². The van der Waals surface area contributed by atoms with E-state index in [2.05, 4.69) is 0 Å². The molecule has 280 valence electrons. The predicted molar refractivity (Wildman–Crippen MR) is 189 cm³/mol. The fourth-order valence-electron chi connectivity index (χ4n) is 3.23. The van der Waals surface area contributed by atoms with Gasteiger partial charge in [-0.05, 0) is 111 Å². The smallest absolute Gasteiger partial charge is 0.270 e. The van der Waals surface area contributed by atoms with E-state index < -0.39 is 30.4 Å². The minimum Gasteiger partial charge on any atom is -0.270 e. The molecule has 0 radical (unpaired) electrons. The first-order valence-corrected chi connectivity index (χ1v) is 23.3. The molecule has 0 aliphatic heterocycles. The van der Waals surface area contributed by atoms with Gasteiger partial charge >= 0.3 is 46.9 Å². The number of hydrogen-bond acceptors (Lipinski definition) is 8. The van der Waals surface area contributed by atoms with Crippen molar-refractivity contribution in [1.29, 1.82) is 0 Å². The Morgan fingerprint density at radius 2 is 0.333 bits per heavy atom. The summed E-state index contributed by atoms with van der Waals surface area (Å²) >= 11 is 0. The SMILES string of the molecule is CC(C)OP(C)(=[OH+])OC(C)C.CC(C)OP(C)(=[OH+])OC(C)C.CC(C)OP(C)(=[OH+])OC(C)C.CC(C)OP(C)(=[OH+])OC(C)C.[Ni+2]. The molecule has 4 N–H and O–H groups in total. The van der Waals surface area contributed by atoms with Crippen LogP contribution >= 0.6 is 30.4 Å². The molecule has 0 fully saturated rings. The van der Waals surface area contributed by atoms with Gasteiger partial charge in [0.15, 0.2) is 0 Å². The van der Waals surface area contributed by atoms with Crippen LogP contribution in [0, 0.1) is 0 Å². The van der Waals surface area contributed by atoms with Crippen molar-refractivity contribution in [2.24, 2.45) is 0 Å². The van der Waals surface area contributed by atoms with E-state index >= 15 is 0 Å². The molecule has 0 aromatic rings. The van der Waals surface area contributed by atoms with Gasteiger partial charge in [0.1, 0.15) is 0 Å². The standard InChI is InChI=1S/4C7H17O3P.Ni/c4*1-6(2)9-11(5,8)10-7(3)4;/h4*6-7H,1-5H3;/q;;;;+2/p+4. The second-order valence-electron chi connectivity index (χ2n) is 12.4. The third kappa shape index (κ3) is 49.6. The zero-order chi connectivity index (χ0) is 36.3. The molecule has 0 heterocycles. The third-order valence-electron chi connectivity index (χ3n) is 3.25. The van der Waals surface area contributed by atoms with Gasteiger partial charge in [-0.15, -0.1) is 0 Å². The molecule has 0 bridgehead atoms. The second kappa shape index (κ2) is 26.9. The van der Waals surface area contributed by atoms with Crippen molar-refractivity contribution in [1.82, 2.24) is 0 Å². The zero-order valence-corrected chi connectivity index (χ0v) is 36.3. The Hall–Kier alpha value is 1.09. The molecule has 0 amide bonds. The maximum absolute atomic E-state index is 9.52. The van der Waals surface area contributed by atoms with Crippen molar-refractivity contribution >= 4 is 30.4 Å². The first-order chi connectivity index (χ1) is 19.3. The summed E-state index contributed by atoms with van der Waals surface area (Å²) < 4.78 is 79.6. The Morgan fingerprint density at radius 1 is 0.267 bits per heavy atom. The topological polar surface area (TPSA) is 159 Å². The Morgan fingerprint density at radius 3 is 0.378 bits per heavy atom. The molecule has 17 heteroatoms. The van der Waals surface area contributed by atoms with E-state index in [0.717, 1.165) is 0 Å². The molecule has 45 heavy (non-hydrogen) atoms. The van der Waals surface area contributed by atoms with Gasteiger partial charge in [-0.1, -0.05) is 0 Å². The molecule has 0 unspecified atom stereocenters. The maximum Gasteiger partial charge on any atom is 2.00 e. The Labute approximate surface area is 286 Å². The molecule has 12 nitrogen and oxygen atoms in total. The zero-order valence-electron chi connectivity index (χ0n) is 31.8. The van der Waals surface area contributed by atoms with Crippen LogP contribution in [0.15, 0.2) is 0 Å². The second-order valence-corrected chi connectivity index (χ2v) is 20.6. The summed E-state index contributed by atoms with van der Waals surface area (Å²) in [7, 11) is -10.2. The van der Waals surface area contributed by atoms with E-state index in [1.165, 1.54) is 0 Å². The summed E-state index contributed by atoms with van der Waals surface area (Å²) in [4.78, 5) is 0. The van der Waals surface area contributed by atoms with E-state index in [0.29, 0.717) is 0 Å². The van der Waals surface area contributed by atoms with Gasteiger partial charge in [0.2, 0.25) is 0 Å². The van der Waals surface area contributed by atoms with E-state index in [-0.39, 0.29) is 65.3 Å². The summed E-state index contributed by atoms with van der Waals surface area (Å²) in [5, 5.41) is 0. The minimum atomic E-state index is -2.55. The average Bonchev–Trinajstić information content (AvgIpc) is 2.59. The summed E-state index contributed by atoms with van der Waals surface area (Å²) in [5.74, 6) is 0. The van der Waals surface area contributed by atoms with Crippen LogP contribution < -0.4 is 0 Å². The summed E-state index contributed by atoms with van der Waals surface area (Å²) in [6.07, 6.45) is 0.0895. The Kier molecular flexibility index (Phi) is 33.2. The van der Waals surface area contributed by atoms with Gasteiger partial charge in [-0.2, -0.15) is 0 Å². The third-order valence-corrected chi connectivity index (χ3v) is 9.75. The van der Waals surface area contributed by atoms with Crippen LogP contribution in [0.1, 0.15) is 111 Å². The van der Waals surface area contributed by atoms with Gasteiger partial charge in [-0.3, -0.25) is 54.5 Å². The van der Waals surface area contributed by atoms with Gasteiger partial charge in [0.05, 0.1) is 75.5 Å². The van der Waals surface area contributed by atoms with Crippen molar-refractivity contribution in [3.05, 3.63) is 0 Å². The van der Waals surface area contributed by atoms with Crippen LogP contribution in [-0.2, 0) is 52.7 Å². The predicted octanol–water partition coefficient (Wildman–Crippen LogP) is 10.4. The molecule has 0 aliphatic rings. The van der Waals surface area contributed by atoms with Crippen molar-refractivity contribution in [2.75, 3.05) is 26.7 Å². The molecule has 0 aromatic carbocycles. The number of hydrogen-bond donors (Lipinski definition) is 0. The van der Waals surface area contributed by atoms with E-state index in [1.807, 2.05) is 111 Å². The van der Waals surface area contributed by atoms with Crippen LogP contribution in [0.25, 0.3) is 0 Å². The van der Waals surface area contributed by atoms with Crippen LogP contribution in [0.4, 0.5) is 0 Å². The molecule has 0 atom stereocenters. The largest absolute Gasteiger partial charge is 2.00 e. The van der Waals surface area contributed by atoms with Crippen molar-refractivity contribution in [3.8, 4) is 0 Å². The monoisotopic (exact) mass is 782 g/mol.